The smallest absolute Gasteiger partial charge is 0.287 e. The molecule has 0 radical (unpaired) electrons. The van der Waals surface area contributed by atoms with Gasteiger partial charge in [-0.1, -0.05) is 11.6 Å². The molecule has 0 saturated carbocycles. The van der Waals surface area contributed by atoms with Gasteiger partial charge in [0.05, 0.1) is 11.9 Å². The van der Waals surface area contributed by atoms with Crippen LogP contribution in [0, 0.1) is 12.3 Å². The fraction of sp³-hybridized carbons (Fsp3) is 0.400. The lowest BCUT2D eigenvalue weighted by Gasteiger charge is -2.06. The molecule has 0 bridgehead atoms. The number of nitrogens with zero attached hydrogens (tertiary/aromatic N) is 2. The van der Waals surface area contributed by atoms with Crippen molar-refractivity contribution in [3.05, 3.63) is 21.6 Å². The summed E-state index contributed by atoms with van der Waals surface area (Å²) in [6.45, 7) is 0.679. The third-order valence-corrected chi connectivity index (χ3v) is 2.26. The molecule has 0 aliphatic heterocycles. The second-order valence-corrected chi connectivity index (χ2v) is 3.41. The van der Waals surface area contributed by atoms with Crippen LogP contribution < -0.4 is 10.9 Å². The highest BCUT2D eigenvalue weighted by Gasteiger charge is 2.05. The molecule has 4 nitrogen and oxygen atoms in total. The Labute approximate surface area is 93.3 Å². The van der Waals surface area contributed by atoms with Gasteiger partial charge >= 0.3 is 0 Å². The summed E-state index contributed by atoms with van der Waals surface area (Å²) in [6, 6.07) is 0. The first-order chi connectivity index (χ1) is 7.16. The van der Waals surface area contributed by atoms with Crippen molar-refractivity contribution in [2.45, 2.75) is 12.8 Å². The minimum Gasteiger partial charge on any atom is -0.382 e. The molecule has 0 atom stereocenters. The first-order valence-corrected chi connectivity index (χ1v) is 4.93. The number of aromatic nitrogens is 2. The van der Waals surface area contributed by atoms with Crippen LogP contribution in [-0.4, -0.2) is 16.3 Å². The summed E-state index contributed by atoms with van der Waals surface area (Å²) in [4.78, 5) is 11.4. The number of nitrogens with one attached hydrogen (secondary N) is 1. The van der Waals surface area contributed by atoms with Gasteiger partial charge in [-0.3, -0.25) is 4.79 Å². The third-order valence-electron chi connectivity index (χ3n) is 1.89. The third kappa shape index (κ3) is 3.00. The molecule has 1 aromatic heterocycles. The van der Waals surface area contributed by atoms with Crippen molar-refractivity contribution in [3.8, 4) is 12.3 Å². The van der Waals surface area contributed by atoms with E-state index < -0.39 is 0 Å². The van der Waals surface area contributed by atoms with E-state index in [1.807, 2.05) is 0 Å². The van der Waals surface area contributed by atoms with Crippen LogP contribution in [0.5, 0.6) is 0 Å². The molecule has 0 unspecified atom stereocenters. The molecule has 1 N–H and O–H groups in total. The van der Waals surface area contributed by atoms with Crippen LogP contribution in [-0.2, 0) is 7.05 Å². The fourth-order valence-corrected chi connectivity index (χ4v) is 1.29. The van der Waals surface area contributed by atoms with Crippen LogP contribution in [0.25, 0.3) is 0 Å². The van der Waals surface area contributed by atoms with Crippen LogP contribution in [0.1, 0.15) is 12.8 Å². The first kappa shape index (κ1) is 11.6. The molecule has 0 saturated heterocycles. The molecule has 15 heavy (non-hydrogen) atoms. The Hall–Kier alpha value is -1.47. The van der Waals surface area contributed by atoms with Crippen LogP contribution in [0.15, 0.2) is 11.0 Å². The largest absolute Gasteiger partial charge is 0.382 e. The normalized spacial score (nSPS) is 9.67. The van der Waals surface area contributed by atoms with Gasteiger partial charge in [-0.15, -0.1) is 12.3 Å². The highest BCUT2D eigenvalue weighted by molar-refractivity contribution is 6.32. The zero-order chi connectivity index (χ0) is 11.3. The zero-order valence-corrected chi connectivity index (χ0v) is 9.21. The number of aryl methyl sites for hydroxylation is 1. The monoisotopic (exact) mass is 225 g/mol. The number of rotatable bonds is 4. The predicted molar refractivity (Wildman–Crippen MR) is 61.0 cm³/mol. The molecule has 5 heteroatoms. The Morgan fingerprint density at radius 3 is 3.13 bits per heavy atom. The molecule has 0 amide bonds. The lowest BCUT2D eigenvalue weighted by molar-refractivity contribution is 0.707. The van der Waals surface area contributed by atoms with Gasteiger partial charge in [0.25, 0.3) is 5.56 Å². The summed E-state index contributed by atoms with van der Waals surface area (Å²) in [5.41, 5.74) is 0.246. The van der Waals surface area contributed by atoms with Gasteiger partial charge in [0.1, 0.15) is 5.02 Å². The first-order valence-electron chi connectivity index (χ1n) is 4.56. The van der Waals surface area contributed by atoms with Gasteiger partial charge in [-0.2, -0.15) is 5.10 Å². The van der Waals surface area contributed by atoms with Crippen LogP contribution in [0.4, 0.5) is 5.69 Å². The Morgan fingerprint density at radius 2 is 2.47 bits per heavy atom. The fourth-order valence-electron chi connectivity index (χ4n) is 1.05. The SMILES string of the molecule is C#CCCCNc1cnn(C)c(=O)c1Cl. The maximum atomic E-state index is 11.4. The van der Waals surface area contributed by atoms with Crippen molar-refractivity contribution in [2.75, 3.05) is 11.9 Å². The summed E-state index contributed by atoms with van der Waals surface area (Å²) in [5.74, 6) is 2.53. The number of hydrogen-bond donors (Lipinski definition) is 1. The molecule has 1 aromatic rings. The summed E-state index contributed by atoms with van der Waals surface area (Å²) >= 11 is 5.84. The van der Waals surface area contributed by atoms with Gasteiger partial charge in [0.2, 0.25) is 0 Å². The Balaban J connectivity index is 2.67. The molecular weight excluding hydrogens is 214 g/mol. The van der Waals surface area contributed by atoms with Crippen LogP contribution in [0.3, 0.4) is 0 Å². The van der Waals surface area contributed by atoms with E-state index in [9.17, 15) is 4.79 Å². The van der Waals surface area contributed by atoms with Crippen LogP contribution >= 0.6 is 11.6 Å². The number of anilines is 1. The molecule has 1 rings (SSSR count). The number of hydrogen-bond acceptors (Lipinski definition) is 3. The van der Waals surface area contributed by atoms with E-state index in [2.05, 4.69) is 16.3 Å². The van der Waals surface area contributed by atoms with Crippen molar-refractivity contribution in [1.29, 1.82) is 0 Å². The second kappa shape index (κ2) is 5.42. The molecule has 0 aromatic carbocycles. The molecule has 80 valence electrons. The van der Waals surface area contributed by atoms with Crippen molar-refractivity contribution < 1.29 is 0 Å². The van der Waals surface area contributed by atoms with Crippen LogP contribution in [0.2, 0.25) is 5.02 Å². The Bertz CT molecular complexity index is 433. The van der Waals surface area contributed by atoms with E-state index in [1.54, 1.807) is 7.05 Å². The summed E-state index contributed by atoms with van der Waals surface area (Å²) in [5, 5.41) is 7.03. The highest BCUT2D eigenvalue weighted by atomic mass is 35.5. The molecule has 0 fully saturated rings. The standard InChI is InChI=1S/C10H12ClN3O/c1-3-4-5-6-12-8-7-13-14(2)10(15)9(8)11/h1,7,12H,4-6H2,2H3. The van der Waals surface area contributed by atoms with E-state index in [0.29, 0.717) is 18.7 Å². The average Bonchev–Trinajstić information content (AvgIpc) is 2.24. The van der Waals surface area contributed by atoms with E-state index in [1.165, 1.54) is 10.9 Å². The molecule has 0 aliphatic carbocycles. The zero-order valence-electron chi connectivity index (χ0n) is 8.46. The Kier molecular flexibility index (Phi) is 4.19. The summed E-state index contributed by atoms with van der Waals surface area (Å²) in [7, 11) is 1.55. The minimum atomic E-state index is -0.307. The molecule has 1 heterocycles. The molecular formula is C10H12ClN3O. The van der Waals surface area contributed by atoms with Crippen molar-refractivity contribution in [1.82, 2.24) is 9.78 Å². The van der Waals surface area contributed by atoms with E-state index in [4.69, 9.17) is 18.0 Å². The Morgan fingerprint density at radius 1 is 1.73 bits per heavy atom. The lowest BCUT2D eigenvalue weighted by atomic mass is 10.3. The lowest BCUT2D eigenvalue weighted by Crippen LogP contribution is -2.21. The highest BCUT2D eigenvalue weighted by Crippen LogP contribution is 2.14. The quantitative estimate of drug-likeness (QED) is 0.620. The van der Waals surface area contributed by atoms with Gasteiger partial charge in [-0.25, -0.2) is 4.68 Å². The van der Waals surface area contributed by atoms with Crippen molar-refractivity contribution in [3.63, 3.8) is 0 Å². The summed E-state index contributed by atoms with van der Waals surface area (Å²) < 4.78 is 1.19. The van der Waals surface area contributed by atoms with Gasteiger partial charge in [0, 0.05) is 20.0 Å². The summed E-state index contributed by atoms with van der Waals surface area (Å²) in [6.07, 6.45) is 8.17. The molecule has 0 aliphatic rings. The average molecular weight is 226 g/mol. The maximum Gasteiger partial charge on any atom is 0.287 e. The number of terminal acetylenes is 1. The van der Waals surface area contributed by atoms with E-state index in [0.717, 1.165) is 6.42 Å². The van der Waals surface area contributed by atoms with Gasteiger partial charge < -0.3 is 5.32 Å². The van der Waals surface area contributed by atoms with Gasteiger partial charge in [-0.05, 0) is 6.42 Å². The van der Waals surface area contributed by atoms with E-state index in [-0.39, 0.29) is 10.6 Å². The number of halogens is 1. The maximum absolute atomic E-state index is 11.4. The topological polar surface area (TPSA) is 46.9 Å². The van der Waals surface area contributed by atoms with E-state index >= 15 is 0 Å². The number of unbranched alkanes of at least 4 members (excludes halogenated alkanes) is 1. The predicted octanol–water partition coefficient (Wildman–Crippen LogP) is 1.26. The minimum absolute atomic E-state index is 0.160. The molecule has 0 spiro atoms. The second-order valence-electron chi connectivity index (χ2n) is 3.04. The van der Waals surface area contributed by atoms with Crippen molar-refractivity contribution >= 4 is 17.3 Å². The van der Waals surface area contributed by atoms with Crippen molar-refractivity contribution in [2.24, 2.45) is 7.05 Å². The van der Waals surface area contributed by atoms with Gasteiger partial charge in [0.15, 0.2) is 0 Å².